The molecule has 0 saturated carbocycles. The third-order valence-corrected chi connectivity index (χ3v) is 3.12. The summed E-state index contributed by atoms with van der Waals surface area (Å²) >= 11 is 0. The lowest BCUT2D eigenvalue weighted by atomic mass is 9.97. The minimum absolute atomic E-state index is 0.281. The molecule has 1 heterocycles. The van der Waals surface area contributed by atoms with Crippen molar-refractivity contribution in [2.75, 3.05) is 0 Å². The number of rotatable bonds is 3. The van der Waals surface area contributed by atoms with Crippen LogP contribution in [0.5, 0.6) is 11.5 Å². The Bertz CT molecular complexity index is 754. The number of aliphatic imine (C=N–C) groups is 1. The molecule has 0 fully saturated rings. The van der Waals surface area contributed by atoms with Crippen LogP contribution in [0, 0.1) is 21.4 Å². The predicted molar refractivity (Wildman–Crippen MR) is 75.8 cm³/mol. The van der Waals surface area contributed by atoms with Gasteiger partial charge < -0.3 is 10.2 Å². The zero-order valence-electron chi connectivity index (χ0n) is 11.1. The Hall–Kier alpha value is -3.14. The SMILES string of the molecule is C/C(=C(/C#N)C1=NC=CC1)c1cc(O)c(O)c([N+](=O)[O-])c1. The van der Waals surface area contributed by atoms with Gasteiger partial charge in [-0.2, -0.15) is 5.26 Å². The molecular formula is C14H11N3O4. The predicted octanol–water partition coefficient (Wildman–Crippen LogP) is 2.66. The first kappa shape index (κ1) is 14.3. The zero-order chi connectivity index (χ0) is 15.6. The lowest BCUT2D eigenvalue weighted by Crippen LogP contribution is -2.01. The molecule has 0 unspecified atom stereocenters. The van der Waals surface area contributed by atoms with Crippen molar-refractivity contribution in [1.82, 2.24) is 0 Å². The highest BCUT2D eigenvalue weighted by atomic mass is 16.6. The van der Waals surface area contributed by atoms with Gasteiger partial charge >= 0.3 is 5.69 Å². The molecule has 2 rings (SSSR count). The Morgan fingerprint density at radius 2 is 2.19 bits per heavy atom. The molecule has 0 saturated heterocycles. The van der Waals surface area contributed by atoms with E-state index in [4.69, 9.17) is 0 Å². The number of nitro groups is 1. The van der Waals surface area contributed by atoms with Crippen LogP contribution in [-0.2, 0) is 0 Å². The topological polar surface area (TPSA) is 120 Å². The van der Waals surface area contributed by atoms with Gasteiger partial charge in [0.1, 0.15) is 6.07 Å². The number of nitro benzene ring substituents is 1. The number of hydrogen-bond acceptors (Lipinski definition) is 6. The highest BCUT2D eigenvalue weighted by Gasteiger charge is 2.21. The van der Waals surface area contributed by atoms with E-state index >= 15 is 0 Å². The maximum Gasteiger partial charge on any atom is 0.315 e. The highest BCUT2D eigenvalue weighted by molar-refractivity contribution is 6.11. The normalized spacial score (nSPS) is 14.4. The molecule has 21 heavy (non-hydrogen) atoms. The van der Waals surface area contributed by atoms with Crippen LogP contribution in [0.2, 0.25) is 0 Å². The van der Waals surface area contributed by atoms with Crippen molar-refractivity contribution >= 4 is 17.0 Å². The van der Waals surface area contributed by atoms with E-state index in [1.54, 1.807) is 19.2 Å². The summed E-state index contributed by atoms with van der Waals surface area (Å²) in [7, 11) is 0. The number of nitriles is 1. The van der Waals surface area contributed by atoms with E-state index in [-0.39, 0.29) is 5.56 Å². The summed E-state index contributed by atoms with van der Waals surface area (Å²) in [6, 6.07) is 4.31. The van der Waals surface area contributed by atoms with Crippen LogP contribution in [0.3, 0.4) is 0 Å². The fraction of sp³-hybridized carbons (Fsp3) is 0.143. The van der Waals surface area contributed by atoms with Crippen LogP contribution in [-0.4, -0.2) is 20.8 Å². The second-order valence-electron chi connectivity index (χ2n) is 4.40. The van der Waals surface area contributed by atoms with Crippen molar-refractivity contribution in [2.24, 2.45) is 4.99 Å². The van der Waals surface area contributed by atoms with Crippen LogP contribution >= 0.6 is 0 Å². The second-order valence-corrected chi connectivity index (χ2v) is 4.40. The number of benzene rings is 1. The molecular weight excluding hydrogens is 274 g/mol. The maximum atomic E-state index is 10.9. The smallest absolute Gasteiger partial charge is 0.315 e. The van der Waals surface area contributed by atoms with Gasteiger partial charge in [-0.15, -0.1) is 0 Å². The number of aromatic hydroxyl groups is 2. The average molecular weight is 285 g/mol. The summed E-state index contributed by atoms with van der Waals surface area (Å²) in [4.78, 5) is 14.1. The largest absolute Gasteiger partial charge is 0.504 e. The third-order valence-electron chi connectivity index (χ3n) is 3.12. The van der Waals surface area contributed by atoms with Gasteiger partial charge in [-0.25, -0.2) is 0 Å². The van der Waals surface area contributed by atoms with Crippen molar-refractivity contribution < 1.29 is 15.1 Å². The average Bonchev–Trinajstić information content (AvgIpc) is 2.96. The maximum absolute atomic E-state index is 10.9. The van der Waals surface area contributed by atoms with Gasteiger partial charge in [0.05, 0.1) is 16.2 Å². The third kappa shape index (κ3) is 2.60. The molecule has 7 heteroatoms. The van der Waals surface area contributed by atoms with E-state index in [1.807, 2.05) is 6.07 Å². The molecule has 2 N–H and O–H groups in total. The molecule has 1 aliphatic heterocycles. The lowest BCUT2D eigenvalue weighted by molar-refractivity contribution is -0.386. The van der Waals surface area contributed by atoms with Crippen LogP contribution in [0.25, 0.3) is 5.57 Å². The fourth-order valence-electron chi connectivity index (χ4n) is 2.00. The number of phenols is 2. The van der Waals surface area contributed by atoms with E-state index in [9.17, 15) is 25.6 Å². The van der Waals surface area contributed by atoms with E-state index in [0.717, 1.165) is 6.07 Å². The van der Waals surface area contributed by atoms with Crippen LogP contribution < -0.4 is 0 Å². The molecule has 0 aliphatic carbocycles. The molecule has 0 radical (unpaired) electrons. The summed E-state index contributed by atoms with van der Waals surface area (Å²) < 4.78 is 0. The number of nitrogens with zero attached hydrogens (tertiary/aromatic N) is 3. The number of hydrogen-bond donors (Lipinski definition) is 2. The molecule has 1 aromatic rings. The van der Waals surface area contributed by atoms with E-state index in [0.29, 0.717) is 23.3 Å². The van der Waals surface area contributed by atoms with Gasteiger partial charge in [0.15, 0.2) is 5.75 Å². The Balaban J connectivity index is 2.60. The highest BCUT2D eigenvalue weighted by Crippen LogP contribution is 2.38. The van der Waals surface area contributed by atoms with Gasteiger partial charge in [-0.3, -0.25) is 15.1 Å². The molecule has 0 atom stereocenters. The fourth-order valence-corrected chi connectivity index (χ4v) is 2.00. The number of phenolic OH excluding ortho intramolecular Hbond substituents is 2. The Morgan fingerprint density at radius 3 is 2.71 bits per heavy atom. The molecule has 0 bridgehead atoms. The molecule has 7 nitrogen and oxygen atoms in total. The number of allylic oxidation sites excluding steroid dienone is 3. The molecule has 0 spiro atoms. The molecule has 1 aromatic carbocycles. The zero-order valence-corrected chi connectivity index (χ0v) is 11.1. The van der Waals surface area contributed by atoms with Gasteiger partial charge in [0.25, 0.3) is 0 Å². The van der Waals surface area contributed by atoms with Crippen molar-refractivity contribution in [2.45, 2.75) is 13.3 Å². The first-order valence-corrected chi connectivity index (χ1v) is 5.99. The monoisotopic (exact) mass is 285 g/mol. The van der Waals surface area contributed by atoms with Crippen LogP contribution in [0.4, 0.5) is 5.69 Å². The molecule has 0 aromatic heterocycles. The van der Waals surface area contributed by atoms with E-state index in [2.05, 4.69) is 4.99 Å². The van der Waals surface area contributed by atoms with Gasteiger partial charge in [0, 0.05) is 18.7 Å². The Morgan fingerprint density at radius 1 is 1.48 bits per heavy atom. The van der Waals surface area contributed by atoms with Crippen molar-refractivity contribution in [3.8, 4) is 17.6 Å². The minimum atomic E-state index is -0.799. The van der Waals surface area contributed by atoms with E-state index < -0.39 is 22.1 Å². The standard InChI is InChI=1S/C14H11N3O4/c1-8(10(7-15)11-3-2-4-16-11)9-5-12(17(20)21)14(19)13(18)6-9/h2,4-6,18-19H,3H2,1H3/b10-8+. The van der Waals surface area contributed by atoms with Crippen molar-refractivity contribution in [3.63, 3.8) is 0 Å². The van der Waals surface area contributed by atoms with Crippen molar-refractivity contribution in [1.29, 1.82) is 5.26 Å². The summed E-state index contributed by atoms with van der Waals surface area (Å²) in [5, 5.41) is 39.2. The Labute approximate surface area is 119 Å². The van der Waals surface area contributed by atoms with Crippen LogP contribution in [0.1, 0.15) is 18.9 Å². The van der Waals surface area contributed by atoms with Gasteiger partial charge in [0.2, 0.25) is 5.75 Å². The van der Waals surface area contributed by atoms with E-state index in [1.165, 1.54) is 6.07 Å². The summed E-state index contributed by atoms with van der Waals surface area (Å²) in [6.07, 6.45) is 3.87. The second kappa shape index (κ2) is 5.46. The molecule has 106 valence electrons. The summed E-state index contributed by atoms with van der Waals surface area (Å²) in [5.41, 5.74) is 0.958. The minimum Gasteiger partial charge on any atom is -0.504 e. The quantitative estimate of drug-likeness (QED) is 0.383. The van der Waals surface area contributed by atoms with Gasteiger partial charge in [-0.05, 0) is 24.1 Å². The summed E-state index contributed by atoms with van der Waals surface area (Å²) in [5.74, 6) is -1.41. The van der Waals surface area contributed by atoms with Crippen LogP contribution in [0.15, 0.2) is 35.0 Å². The van der Waals surface area contributed by atoms with Crippen molar-refractivity contribution in [3.05, 3.63) is 45.7 Å². The van der Waals surface area contributed by atoms with Gasteiger partial charge in [-0.1, -0.05) is 6.08 Å². The summed E-state index contributed by atoms with van der Waals surface area (Å²) in [6.45, 7) is 1.61. The molecule has 1 aliphatic rings. The molecule has 0 amide bonds. The first-order valence-electron chi connectivity index (χ1n) is 5.99. The Kier molecular flexibility index (Phi) is 3.71. The first-order chi connectivity index (χ1) is 9.95. The lowest BCUT2D eigenvalue weighted by Gasteiger charge is -2.08.